The number of halogens is 3. The molecule has 18 heavy (non-hydrogen) atoms. The highest BCUT2D eigenvalue weighted by molar-refractivity contribution is 5.78. The van der Waals surface area contributed by atoms with Crippen LogP contribution in [-0.4, -0.2) is 41.6 Å². The number of alkyl halides is 3. The van der Waals surface area contributed by atoms with E-state index in [1.807, 2.05) is 0 Å². The zero-order valence-electron chi connectivity index (χ0n) is 9.91. The molecule has 4 nitrogen and oxygen atoms in total. The number of amides is 1. The van der Waals surface area contributed by atoms with Gasteiger partial charge in [-0.25, -0.2) is 0 Å². The van der Waals surface area contributed by atoms with E-state index in [1.165, 1.54) is 0 Å². The van der Waals surface area contributed by atoms with Gasteiger partial charge in [-0.1, -0.05) is 6.42 Å². The molecule has 1 fully saturated rings. The van der Waals surface area contributed by atoms with Gasteiger partial charge in [0.2, 0.25) is 5.91 Å². The summed E-state index contributed by atoms with van der Waals surface area (Å²) in [4.78, 5) is 11.6. The minimum absolute atomic E-state index is 0.0759. The topological polar surface area (TPSA) is 69.6 Å². The van der Waals surface area contributed by atoms with Gasteiger partial charge >= 0.3 is 6.18 Å². The van der Waals surface area contributed by atoms with Crippen molar-refractivity contribution < 1.29 is 28.2 Å². The molecule has 0 saturated heterocycles. The lowest BCUT2D eigenvalue weighted by Crippen LogP contribution is -2.40. The van der Waals surface area contributed by atoms with Crippen LogP contribution in [0, 0.1) is 11.8 Å². The quantitative estimate of drug-likeness (QED) is 0.708. The maximum Gasteiger partial charge on any atom is 0.391 e. The summed E-state index contributed by atoms with van der Waals surface area (Å²) in [5.74, 6) is -2.54. The Bertz CT molecular complexity index is 283. The second-order valence-electron chi connectivity index (χ2n) is 4.68. The van der Waals surface area contributed by atoms with Gasteiger partial charge in [0, 0.05) is 12.5 Å². The second kappa shape index (κ2) is 6.38. The molecule has 3 N–H and O–H groups in total. The van der Waals surface area contributed by atoms with E-state index in [0.717, 1.165) is 0 Å². The lowest BCUT2D eigenvalue weighted by atomic mass is 9.80. The summed E-state index contributed by atoms with van der Waals surface area (Å²) in [5, 5.41) is 20.0. The summed E-state index contributed by atoms with van der Waals surface area (Å²) in [6.07, 6.45) is -4.62. The Hall–Kier alpha value is -0.820. The second-order valence-corrected chi connectivity index (χ2v) is 4.68. The normalized spacial score (nSPS) is 26.7. The first-order chi connectivity index (χ1) is 8.34. The van der Waals surface area contributed by atoms with E-state index in [2.05, 4.69) is 5.32 Å². The number of carbonyl (C=O) groups excluding carboxylic acids is 1. The highest BCUT2D eigenvalue weighted by Crippen LogP contribution is 2.39. The highest BCUT2D eigenvalue weighted by Gasteiger charge is 2.43. The predicted octanol–water partition coefficient (Wildman–Crippen LogP) is 0.824. The molecule has 0 aromatic rings. The number of hydrogen-bond acceptors (Lipinski definition) is 3. The average Bonchev–Trinajstić information content (AvgIpc) is 2.34. The zero-order chi connectivity index (χ0) is 13.8. The Balaban J connectivity index is 2.44. The van der Waals surface area contributed by atoms with Crippen molar-refractivity contribution in [1.82, 2.24) is 5.32 Å². The van der Waals surface area contributed by atoms with Crippen LogP contribution in [-0.2, 0) is 4.79 Å². The maximum absolute atomic E-state index is 12.5. The average molecular weight is 269 g/mol. The molecule has 0 heterocycles. The number of aliphatic hydroxyl groups excluding tert-OH is 2. The fourth-order valence-corrected chi connectivity index (χ4v) is 2.15. The third kappa shape index (κ3) is 4.45. The van der Waals surface area contributed by atoms with Gasteiger partial charge in [-0.3, -0.25) is 4.79 Å². The van der Waals surface area contributed by atoms with Gasteiger partial charge < -0.3 is 15.5 Å². The van der Waals surface area contributed by atoms with Crippen LogP contribution in [0.5, 0.6) is 0 Å². The van der Waals surface area contributed by atoms with E-state index in [-0.39, 0.29) is 19.4 Å². The molecule has 0 aromatic carbocycles. The monoisotopic (exact) mass is 269 g/mol. The summed E-state index contributed by atoms with van der Waals surface area (Å²) in [6, 6.07) is 0. The summed E-state index contributed by atoms with van der Waals surface area (Å²) >= 11 is 0. The van der Waals surface area contributed by atoms with Crippen LogP contribution >= 0.6 is 0 Å². The fourth-order valence-electron chi connectivity index (χ4n) is 2.15. The largest absolute Gasteiger partial charge is 0.394 e. The molecule has 106 valence electrons. The van der Waals surface area contributed by atoms with Crippen molar-refractivity contribution >= 4 is 5.91 Å². The molecule has 1 amide bonds. The first kappa shape index (κ1) is 15.2. The fraction of sp³-hybridized carbons (Fsp3) is 0.909. The number of nitrogens with one attached hydrogen (secondary N) is 1. The lowest BCUT2D eigenvalue weighted by Gasteiger charge is -2.29. The first-order valence-corrected chi connectivity index (χ1v) is 5.98. The van der Waals surface area contributed by atoms with Crippen LogP contribution in [0.25, 0.3) is 0 Å². The van der Waals surface area contributed by atoms with Crippen LogP contribution < -0.4 is 5.32 Å². The Labute approximate surface area is 103 Å². The van der Waals surface area contributed by atoms with E-state index in [4.69, 9.17) is 10.2 Å². The van der Waals surface area contributed by atoms with E-state index in [1.54, 1.807) is 0 Å². The van der Waals surface area contributed by atoms with E-state index >= 15 is 0 Å². The Morgan fingerprint density at radius 1 is 1.39 bits per heavy atom. The first-order valence-electron chi connectivity index (χ1n) is 5.98. The summed E-state index contributed by atoms with van der Waals surface area (Å²) in [6.45, 7) is -0.626. The van der Waals surface area contributed by atoms with Crippen molar-refractivity contribution in [1.29, 1.82) is 0 Å². The molecular weight excluding hydrogens is 251 g/mol. The smallest absolute Gasteiger partial charge is 0.391 e. The van der Waals surface area contributed by atoms with Gasteiger partial charge in [-0.05, 0) is 19.3 Å². The summed E-state index contributed by atoms with van der Waals surface area (Å²) in [7, 11) is 0. The molecule has 1 rings (SSSR count). The molecule has 1 aliphatic rings. The molecule has 0 aliphatic heterocycles. The van der Waals surface area contributed by atoms with Crippen LogP contribution in [0.2, 0.25) is 0 Å². The minimum Gasteiger partial charge on any atom is -0.394 e. The van der Waals surface area contributed by atoms with Crippen LogP contribution in [0.15, 0.2) is 0 Å². The van der Waals surface area contributed by atoms with Gasteiger partial charge in [0.05, 0.1) is 18.6 Å². The number of hydrogen-bond donors (Lipinski definition) is 3. The van der Waals surface area contributed by atoms with Crippen LogP contribution in [0.1, 0.15) is 25.7 Å². The van der Waals surface area contributed by atoms with E-state index in [9.17, 15) is 18.0 Å². The van der Waals surface area contributed by atoms with E-state index in [0.29, 0.717) is 12.8 Å². The maximum atomic E-state index is 12.5. The van der Waals surface area contributed by atoms with Crippen molar-refractivity contribution in [2.24, 2.45) is 11.8 Å². The molecular formula is C11H18F3NO3. The van der Waals surface area contributed by atoms with Gasteiger partial charge in [-0.2, -0.15) is 13.2 Å². The van der Waals surface area contributed by atoms with Crippen molar-refractivity contribution in [3.8, 4) is 0 Å². The molecule has 0 radical (unpaired) electrons. The third-order valence-corrected chi connectivity index (χ3v) is 3.23. The molecule has 1 aliphatic carbocycles. The molecule has 0 bridgehead atoms. The minimum atomic E-state index is -4.25. The number of rotatable bonds is 4. The Morgan fingerprint density at radius 3 is 2.61 bits per heavy atom. The Morgan fingerprint density at radius 2 is 2.06 bits per heavy atom. The molecule has 1 saturated carbocycles. The Kier molecular flexibility index (Phi) is 5.40. The molecule has 0 aromatic heterocycles. The van der Waals surface area contributed by atoms with Gasteiger partial charge in [-0.15, -0.1) is 0 Å². The van der Waals surface area contributed by atoms with Crippen molar-refractivity contribution in [3.63, 3.8) is 0 Å². The standard InChI is InChI=1S/C11H18F3NO3/c12-11(13,14)8-3-1-2-7(4-8)10(18)15-5-9(17)6-16/h7-9,16-17H,1-6H2,(H,15,18). The SMILES string of the molecule is O=C(NCC(O)CO)C1CCCC(C(F)(F)F)C1. The predicted molar refractivity (Wildman–Crippen MR) is 57.6 cm³/mol. The van der Waals surface area contributed by atoms with Gasteiger partial charge in [0.25, 0.3) is 0 Å². The van der Waals surface area contributed by atoms with Crippen molar-refractivity contribution in [2.45, 2.75) is 38.0 Å². The summed E-state index contributed by atoms with van der Waals surface area (Å²) < 4.78 is 37.6. The van der Waals surface area contributed by atoms with Crippen LogP contribution in [0.3, 0.4) is 0 Å². The van der Waals surface area contributed by atoms with Crippen molar-refractivity contribution in [2.75, 3.05) is 13.2 Å². The number of aliphatic hydroxyl groups is 2. The van der Waals surface area contributed by atoms with Gasteiger partial charge in [0.1, 0.15) is 0 Å². The van der Waals surface area contributed by atoms with Crippen LogP contribution in [0.4, 0.5) is 13.2 Å². The highest BCUT2D eigenvalue weighted by atomic mass is 19.4. The van der Waals surface area contributed by atoms with Gasteiger partial charge in [0.15, 0.2) is 0 Å². The lowest BCUT2D eigenvalue weighted by molar-refractivity contribution is -0.186. The number of carbonyl (C=O) groups is 1. The van der Waals surface area contributed by atoms with E-state index < -0.39 is 36.6 Å². The van der Waals surface area contributed by atoms with Crippen molar-refractivity contribution in [3.05, 3.63) is 0 Å². The molecule has 0 spiro atoms. The summed E-state index contributed by atoms with van der Waals surface area (Å²) in [5.41, 5.74) is 0. The zero-order valence-corrected chi connectivity index (χ0v) is 9.91. The third-order valence-electron chi connectivity index (χ3n) is 3.23. The molecule has 7 heteroatoms. The molecule has 3 unspecified atom stereocenters. The molecule has 3 atom stereocenters.